The van der Waals surface area contributed by atoms with E-state index in [0.717, 1.165) is 51.4 Å². The van der Waals surface area contributed by atoms with Crippen molar-refractivity contribution in [1.82, 2.24) is 0 Å². The smallest absolute Gasteiger partial charge is 0.303 e. The van der Waals surface area contributed by atoms with E-state index < -0.39 is 5.97 Å². The third-order valence-corrected chi connectivity index (χ3v) is 3.44. The zero-order valence-electron chi connectivity index (χ0n) is 12.2. The molecule has 0 aliphatic heterocycles. The maximum Gasteiger partial charge on any atom is 0.303 e. The Labute approximate surface area is 116 Å². The van der Waals surface area contributed by atoms with Crippen LogP contribution in [0.15, 0.2) is 0 Å². The first kappa shape index (κ1) is 18.1. The molecule has 0 amide bonds. The lowest BCUT2D eigenvalue weighted by Gasteiger charge is -2.14. The van der Waals surface area contributed by atoms with Crippen molar-refractivity contribution in [3.8, 4) is 0 Å². The SMILES string of the molecule is CC(=O)[C@@H](CCCCCCC(=O)O)CCC[C@@H](C)O. The number of rotatable bonds is 12. The number of aliphatic hydroxyl groups is 1. The highest BCUT2D eigenvalue weighted by Gasteiger charge is 2.13. The maximum atomic E-state index is 11.5. The zero-order valence-corrected chi connectivity index (χ0v) is 12.2. The van der Waals surface area contributed by atoms with Gasteiger partial charge in [-0.15, -0.1) is 0 Å². The van der Waals surface area contributed by atoms with Gasteiger partial charge in [-0.05, 0) is 39.5 Å². The number of unbranched alkanes of at least 4 members (excludes halogenated alkanes) is 3. The standard InChI is InChI=1S/C15H28O4/c1-12(16)8-7-10-14(13(2)17)9-5-3-4-6-11-15(18)19/h12,14,16H,3-11H2,1-2H3,(H,18,19)/t12-,14+/m1/s1. The van der Waals surface area contributed by atoms with Gasteiger partial charge in [-0.25, -0.2) is 0 Å². The summed E-state index contributed by atoms with van der Waals surface area (Å²) in [5.74, 6) is -0.394. The van der Waals surface area contributed by atoms with E-state index in [1.807, 2.05) is 0 Å². The van der Waals surface area contributed by atoms with E-state index in [2.05, 4.69) is 0 Å². The molecule has 0 aliphatic rings. The molecule has 19 heavy (non-hydrogen) atoms. The van der Waals surface area contributed by atoms with Crippen molar-refractivity contribution in [2.24, 2.45) is 5.92 Å². The van der Waals surface area contributed by atoms with Gasteiger partial charge in [0.25, 0.3) is 0 Å². The van der Waals surface area contributed by atoms with Crippen molar-refractivity contribution in [2.45, 2.75) is 77.7 Å². The average Bonchev–Trinajstić information content (AvgIpc) is 2.29. The molecular weight excluding hydrogens is 244 g/mol. The van der Waals surface area contributed by atoms with Crippen molar-refractivity contribution in [3.05, 3.63) is 0 Å². The lowest BCUT2D eigenvalue weighted by Crippen LogP contribution is -2.12. The van der Waals surface area contributed by atoms with E-state index in [4.69, 9.17) is 5.11 Å². The molecule has 0 aliphatic carbocycles. The highest BCUT2D eigenvalue weighted by molar-refractivity contribution is 5.78. The third kappa shape index (κ3) is 11.9. The molecule has 0 saturated heterocycles. The molecule has 2 atom stereocenters. The Morgan fingerprint density at radius 1 is 0.947 bits per heavy atom. The predicted octanol–water partition coefficient (Wildman–Crippen LogP) is 3.17. The number of carboxylic acids is 1. The van der Waals surface area contributed by atoms with Crippen molar-refractivity contribution < 1.29 is 19.8 Å². The summed E-state index contributed by atoms with van der Waals surface area (Å²) in [5.41, 5.74) is 0. The summed E-state index contributed by atoms with van der Waals surface area (Å²) in [6.07, 6.45) is 6.97. The van der Waals surface area contributed by atoms with E-state index in [0.29, 0.717) is 0 Å². The van der Waals surface area contributed by atoms with Crippen molar-refractivity contribution >= 4 is 11.8 Å². The third-order valence-electron chi connectivity index (χ3n) is 3.44. The van der Waals surface area contributed by atoms with Crippen LogP contribution in [0.5, 0.6) is 0 Å². The monoisotopic (exact) mass is 272 g/mol. The maximum absolute atomic E-state index is 11.5. The van der Waals surface area contributed by atoms with E-state index >= 15 is 0 Å². The first-order valence-corrected chi connectivity index (χ1v) is 7.33. The molecule has 0 aromatic carbocycles. The van der Waals surface area contributed by atoms with Gasteiger partial charge in [-0.3, -0.25) is 9.59 Å². The van der Waals surface area contributed by atoms with Crippen molar-refractivity contribution in [2.75, 3.05) is 0 Å². The molecule has 112 valence electrons. The highest BCUT2D eigenvalue weighted by atomic mass is 16.4. The summed E-state index contributed by atoms with van der Waals surface area (Å²) < 4.78 is 0. The van der Waals surface area contributed by atoms with Gasteiger partial charge in [0.2, 0.25) is 0 Å². The fourth-order valence-corrected chi connectivity index (χ4v) is 2.23. The Morgan fingerprint density at radius 2 is 1.53 bits per heavy atom. The van der Waals surface area contributed by atoms with Gasteiger partial charge in [0.15, 0.2) is 0 Å². The molecule has 4 heteroatoms. The van der Waals surface area contributed by atoms with Gasteiger partial charge in [0, 0.05) is 12.3 Å². The number of carboxylic acid groups (broad SMARTS) is 1. The molecule has 0 unspecified atom stereocenters. The Balaban J connectivity index is 3.65. The van der Waals surface area contributed by atoms with E-state index in [9.17, 15) is 14.7 Å². The minimum absolute atomic E-state index is 0.109. The zero-order chi connectivity index (χ0) is 14.7. The highest BCUT2D eigenvalue weighted by Crippen LogP contribution is 2.19. The van der Waals surface area contributed by atoms with Crippen LogP contribution in [0.25, 0.3) is 0 Å². The van der Waals surface area contributed by atoms with Crippen LogP contribution >= 0.6 is 0 Å². The van der Waals surface area contributed by atoms with Crippen LogP contribution in [0, 0.1) is 5.92 Å². The van der Waals surface area contributed by atoms with Gasteiger partial charge in [0.05, 0.1) is 6.10 Å². The number of aliphatic carboxylic acids is 1. The Hall–Kier alpha value is -0.900. The second-order valence-electron chi connectivity index (χ2n) is 5.43. The van der Waals surface area contributed by atoms with Gasteiger partial charge < -0.3 is 10.2 Å². The van der Waals surface area contributed by atoms with Crippen molar-refractivity contribution in [3.63, 3.8) is 0 Å². The number of aliphatic hydroxyl groups excluding tert-OH is 1. The molecule has 0 fully saturated rings. The molecule has 0 aromatic heterocycles. The Bertz CT molecular complexity index is 261. The van der Waals surface area contributed by atoms with Crippen LogP contribution in [0.2, 0.25) is 0 Å². The molecule has 0 heterocycles. The summed E-state index contributed by atoms with van der Waals surface area (Å²) in [6, 6.07) is 0. The summed E-state index contributed by atoms with van der Waals surface area (Å²) in [6.45, 7) is 3.41. The quantitative estimate of drug-likeness (QED) is 0.535. The largest absolute Gasteiger partial charge is 0.481 e. The second kappa shape index (κ2) is 11.0. The van der Waals surface area contributed by atoms with Crippen LogP contribution in [0.4, 0.5) is 0 Å². The van der Waals surface area contributed by atoms with Crippen LogP contribution in [0.1, 0.15) is 71.6 Å². The van der Waals surface area contributed by atoms with E-state index in [1.54, 1.807) is 13.8 Å². The molecule has 0 spiro atoms. The van der Waals surface area contributed by atoms with E-state index in [1.165, 1.54) is 0 Å². The van der Waals surface area contributed by atoms with Gasteiger partial charge in [-0.1, -0.05) is 25.7 Å². The fourth-order valence-electron chi connectivity index (χ4n) is 2.23. The molecule has 0 rings (SSSR count). The lowest BCUT2D eigenvalue weighted by atomic mass is 9.91. The summed E-state index contributed by atoms with van der Waals surface area (Å²) >= 11 is 0. The second-order valence-corrected chi connectivity index (χ2v) is 5.43. The Morgan fingerprint density at radius 3 is 2.05 bits per heavy atom. The van der Waals surface area contributed by atoms with Gasteiger partial charge >= 0.3 is 5.97 Å². The van der Waals surface area contributed by atoms with Crippen LogP contribution in [0.3, 0.4) is 0 Å². The Kier molecular flexibility index (Phi) is 10.5. The van der Waals surface area contributed by atoms with Crippen LogP contribution in [-0.2, 0) is 9.59 Å². The number of carbonyl (C=O) groups is 2. The molecule has 0 radical (unpaired) electrons. The minimum atomic E-state index is -0.736. The molecule has 4 nitrogen and oxygen atoms in total. The summed E-state index contributed by atoms with van der Waals surface area (Å²) in [7, 11) is 0. The fraction of sp³-hybridized carbons (Fsp3) is 0.867. The van der Waals surface area contributed by atoms with Crippen LogP contribution in [-0.4, -0.2) is 28.1 Å². The molecular formula is C15H28O4. The molecule has 0 bridgehead atoms. The molecule has 2 N–H and O–H groups in total. The first-order valence-electron chi connectivity index (χ1n) is 7.33. The topological polar surface area (TPSA) is 74.6 Å². The molecule has 0 saturated carbocycles. The number of Topliss-reactive ketones (excluding diaryl/α,β-unsaturated/α-hetero) is 1. The number of ketones is 1. The average molecular weight is 272 g/mol. The molecule has 0 aromatic rings. The van der Waals surface area contributed by atoms with Gasteiger partial charge in [0.1, 0.15) is 5.78 Å². The minimum Gasteiger partial charge on any atom is -0.481 e. The normalized spacial score (nSPS) is 14.1. The van der Waals surface area contributed by atoms with Crippen LogP contribution < -0.4 is 0 Å². The summed E-state index contributed by atoms with van der Waals surface area (Å²) in [4.78, 5) is 21.8. The number of hydrogen-bond donors (Lipinski definition) is 2. The van der Waals surface area contributed by atoms with E-state index in [-0.39, 0.29) is 24.2 Å². The van der Waals surface area contributed by atoms with Crippen molar-refractivity contribution in [1.29, 1.82) is 0 Å². The first-order chi connectivity index (χ1) is 8.93. The number of hydrogen-bond acceptors (Lipinski definition) is 3. The lowest BCUT2D eigenvalue weighted by molar-refractivity contribution is -0.137. The van der Waals surface area contributed by atoms with Gasteiger partial charge in [-0.2, -0.15) is 0 Å². The number of carbonyl (C=O) groups excluding carboxylic acids is 1. The predicted molar refractivity (Wildman–Crippen MR) is 75.0 cm³/mol. The summed E-state index contributed by atoms with van der Waals surface area (Å²) in [5, 5.41) is 17.7.